The number of hydrogen-bond donors (Lipinski definition) is 2. The van der Waals surface area contributed by atoms with E-state index in [1.165, 1.54) is 23.5 Å². The zero-order valence-electron chi connectivity index (χ0n) is 12.4. The van der Waals surface area contributed by atoms with E-state index in [4.69, 9.17) is 5.73 Å². The molecule has 3 N–H and O–H groups in total. The van der Waals surface area contributed by atoms with Gasteiger partial charge in [-0.2, -0.15) is 8.42 Å². The van der Waals surface area contributed by atoms with Crippen LogP contribution in [-0.4, -0.2) is 23.7 Å². The fraction of sp³-hybridized carbons (Fsp3) is 0.125. The van der Waals surface area contributed by atoms with Crippen LogP contribution in [0.2, 0.25) is 0 Å². The summed E-state index contributed by atoms with van der Waals surface area (Å²) in [5.41, 5.74) is 7.23. The standard InChI is InChI=1S/C16H14N2O4S2/c17-11-6-7-12-14(8-11)23-15(18-12)9-13(19)16(24(20,21)22)10-4-2-1-3-5-10/h1-8,16H,9,17H2,(H,20,21,22). The maximum Gasteiger partial charge on any atom is 0.279 e. The Morgan fingerprint density at radius 1 is 1.21 bits per heavy atom. The molecule has 0 radical (unpaired) electrons. The van der Waals surface area contributed by atoms with Crippen LogP contribution in [0.15, 0.2) is 48.5 Å². The Morgan fingerprint density at radius 2 is 1.92 bits per heavy atom. The lowest BCUT2D eigenvalue weighted by Gasteiger charge is -2.12. The minimum Gasteiger partial charge on any atom is -0.399 e. The molecule has 6 nitrogen and oxygen atoms in total. The lowest BCUT2D eigenvalue weighted by Crippen LogP contribution is -2.23. The second-order valence-electron chi connectivity index (χ2n) is 5.28. The van der Waals surface area contributed by atoms with Crippen LogP contribution in [0, 0.1) is 0 Å². The summed E-state index contributed by atoms with van der Waals surface area (Å²) in [5, 5.41) is -1.14. The number of hydrogen-bond acceptors (Lipinski definition) is 6. The molecule has 1 unspecified atom stereocenters. The highest BCUT2D eigenvalue weighted by Crippen LogP contribution is 2.28. The van der Waals surface area contributed by atoms with Gasteiger partial charge in [-0.25, -0.2) is 4.98 Å². The van der Waals surface area contributed by atoms with Gasteiger partial charge in [-0.1, -0.05) is 30.3 Å². The van der Waals surface area contributed by atoms with Gasteiger partial charge in [0.15, 0.2) is 11.0 Å². The third kappa shape index (κ3) is 3.45. The molecule has 0 saturated carbocycles. The van der Waals surface area contributed by atoms with E-state index < -0.39 is 21.2 Å². The third-order valence-electron chi connectivity index (χ3n) is 3.47. The van der Waals surface area contributed by atoms with Crippen molar-refractivity contribution in [3.8, 4) is 0 Å². The van der Waals surface area contributed by atoms with Gasteiger partial charge in [0.25, 0.3) is 10.1 Å². The number of nitrogens with two attached hydrogens (primary N) is 1. The first kappa shape index (κ1) is 16.6. The van der Waals surface area contributed by atoms with E-state index in [0.717, 1.165) is 4.70 Å². The van der Waals surface area contributed by atoms with Crippen molar-refractivity contribution in [2.75, 3.05) is 5.73 Å². The van der Waals surface area contributed by atoms with E-state index in [2.05, 4.69) is 4.98 Å². The fourth-order valence-corrected chi connectivity index (χ4v) is 4.40. The molecule has 0 fully saturated rings. The van der Waals surface area contributed by atoms with Gasteiger partial charge in [-0.05, 0) is 23.8 Å². The van der Waals surface area contributed by atoms with Crippen molar-refractivity contribution in [2.45, 2.75) is 11.7 Å². The van der Waals surface area contributed by atoms with E-state index in [9.17, 15) is 17.8 Å². The highest BCUT2D eigenvalue weighted by Gasteiger charge is 2.32. The lowest BCUT2D eigenvalue weighted by molar-refractivity contribution is -0.118. The van der Waals surface area contributed by atoms with Crippen molar-refractivity contribution in [2.24, 2.45) is 0 Å². The molecule has 0 aliphatic carbocycles. The molecule has 0 spiro atoms. The van der Waals surface area contributed by atoms with E-state index in [-0.39, 0.29) is 12.0 Å². The van der Waals surface area contributed by atoms with Gasteiger partial charge in [0, 0.05) is 5.69 Å². The van der Waals surface area contributed by atoms with Crippen molar-refractivity contribution in [1.82, 2.24) is 4.98 Å². The molecule has 1 atom stereocenters. The predicted molar refractivity (Wildman–Crippen MR) is 93.5 cm³/mol. The van der Waals surface area contributed by atoms with Crippen molar-refractivity contribution < 1.29 is 17.8 Å². The normalized spacial score (nSPS) is 13.0. The maximum atomic E-state index is 12.5. The molecule has 0 aliphatic heterocycles. The van der Waals surface area contributed by atoms with Crippen molar-refractivity contribution in [3.05, 3.63) is 59.1 Å². The Labute approximate surface area is 142 Å². The van der Waals surface area contributed by atoms with Crippen LogP contribution < -0.4 is 5.73 Å². The van der Waals surface area contributed by atoms with Gasteiger partial charge in [0.1, 0.15) is 5.01 Å². The average molecular weight is 362 g/mol. The average Bonchev–Trinajstić information content (AvgIpc) is 2.88. The molecule has 3 aromatic rings. The summed E-state index contributed by atoms with van der Waals surface area (Å²) in [6.45, 7) is 0. The number of anilines is 1. The Hall–Kier alpha value is -2.29. The topological polar surface area (TPSA) is 110 Å². The summed E-state index contributed by atoms with van der Waals surface area (Å²) in [5.74, 6) is -0.629. The van der Waals surface area contributed by atoms with Gasteiger partial charge in [-0.3, -0.25) is 9.35 Å². The van der Waals surface area contributed by atoms with Gasteiger partial charge < -0.3 is 5.73 Å². The van der Waals surface area contributed by atoms with Gasteiger partial charge in [0.2, 0.25) is 0 Å². The van der Waals surface area contributed by atoms with Gasteiger partial charge in [-0.15, -0.1) is 11.3 Å². The van der Waals surface area contributed by atoms with E-state index in [1.807, 2.05) is 0 Å². The van der Waals surface area contributed by atoms with Crippen LogP contribution in [0.5, 0.6) is 0 Å². The second kappa shape index (κ2) is 6.31. The predicted octanol–water partition coefficient (Wildman–Crippen LogP) is 2.62. The second-order valence-corrected chi connectivity index (χ2v) is 7.90. The number of carbonyl (C=O) groups excluding carboxylic acids is 1. The Bertz CT molecular complexity index is 997. The summed E-state index contributed by atoms with van der Waals surface area (Å²) in [6, 6.07) is 13.1. The Balaban J connectivity index is 1.93. The van der Waals surface area contributed by atoms with Gasteiger partial charge in [0.05, 0.1) is 16.6 Å². The molecule has 1 heterocycles. The largest absolute Gasteiger partial charge is 0.399 e. The molecule has 124 valence electrons. The van der Waals surface area contributed by atoms with E-state index >= 15 is 0 Å². The van der Waals surface area contributed by atoms with Crippen LogP contribution >= 0.6 is 11.3 Å². The summed E-state index contributed by atoms with van der Waals surface area (Å²) < 4.78 is 33.7. The summed E-state index contributed by atoms with van der Waals surface area (Å²) >= 11 is 1.27. The molecular formula is C16H14N2O4S2. The summed E-state index contributed by atoms with van der Waals surface area (Å²) in [7, 11) is -4.57. The molecule has 2 aromatic carbocycles. The summed E-state index contributed by atoms with van der Waals surface area (Å²) in [6.07, 6.45) is -0.182. The first-order chi connectivity index (χ1) is 11.3. The maximum absolute atomic E-state index is 12.5. The van der Waals surface area contributed by atoms with Crippen molar-refractivity contribution in [1.29, 1.82) is 0 Å². The lowest BCUT2D eigenvalue weighted by atomic mass is 10.1. The highest BCUT2D eigenvalue weighted by atomic mass is 32.2. The molecule has 0 saturated heterocycles. The zero-order chi connectivity index (χ0) is 17.3. The van der Waals surface area contributed by atoms with E-state index in [1.54, 1.807) is 36.4 Å². The number of nitrogen functional groups attached to an aromatic ring is 1. The number of rotatable bonds is 5. The third-order valence-corrected chi connectivity index (χ3v) is 5.62. The highest BCUT2D eigenvalue weighted by molar-refractivity contribution is 7.86. The molecular weight excluding hydrogens is 348 g/mol. The molecule has 3 rings (SSSR count). The first-order valence-electron chi connectivity index (χ1n) is 7.03. The first-order valence-corrected chi connectivity index (χ1v) is 9.35. The summed E-state index contributed by atoms with van der Waals surface area (Å²) in [4.78, 5) is 16.8. The number of thiazole rings is 1. The minimum absolute atomic E-state index is 0.182. The molecule has 8 heteroatoms. The van der Waals surface area contributed by atoms with Crippen LogP contribution in [0.25, 0.3) is 10.2 Å². The smallest absolute Gasteiger partial charge is 0.279 e. The molecule has 0 amide bonds. The van der Waals surface area contributed by atoms with Crippen molar-refractivity contribution >= 4 is 43.1 Å². The molecule has 0 bridgehead atoms. The van der Waals surface area contributed by atoms with Crippen LogP contribution in [0.3, 0.4) is 0 Å². The Kier molecular flexibility index (Phi) is 4.35. The fourth-order valence-electron chi connectivity index (χ4n) is 2.46. The molecule has 1 aromatic heterocycles. The zero-order valence-corrected chi connectivity index (χ0v) is 14.0. The van der Waals surface area contributed by atoms with Crippen LogP contribution in [-0.2, 0) is 21.3 Å². The van der Waals surface area contributed by atoms with Crippen LogP contribution in [0.1, 0.15) is 15.8 Å². The number of Topliss-reactive ketones (excluding diaryl/α,β-unsaturated/α-hetero) is 1. The van der Waals surface area contributed by atoms with Crippen LogP contribution in [0.4, 0.5) is 5.69 Å². The quantitative estimate of drug-likeness (QED) is 0.533. The van der Waals surface area contributed by atoms with Crippen molar-refractivity contribution in [3.63, 3.8) is 0 Å². The Morgan fingerprint density at radius 3 is 2.58 bits per heavy atom. The number of nitrogens with zero attached hydrogens (tertiary/aromatic N) is 1. The number of ketones is 1. The number of carbonyl (C=O) groups is 1. The number of benzene rings is 2. The number of fused-ring (bicyclic) bond motifs is 1. The van der Waals surface area contributed by atoms with E-state index in [0.29, 0.717) is 16.2 Å². The molecule has 24 heavy (non-hydrogen) atoms. The number of aromatic nitrogens is 1. The minimum atomic E-state index is -4.57. The van der Waals surface area contributed by atoms with Gasteiger partial charge >= 0.3 is 0 Å². The monoisotopic (exact) mass is 362 g/mol. The molecule has 0 aliphatic rings. The SMILES string of the molecule is Nc1ccc2nc(CC(=O)C(c3ccccc3)S(=O)(=O)O)sc2c1.